The summed E-state index contributed by atoms with van der Waals surface area (Å²) >= 11 is 3.17. The van der Waals surface area contributed by atoms with Crippen molar-refractivity contribution in [3.05, 3.63) is 34.3 Å². The molecule has 14 heavy (non-hydrogen) atoms. The summed E-state index contributed by atoms with van der Waals surface area (Å²) in [5.41, 5.74) is 0.457. The summed E-state index contributed by atoms with van der Waals surface area (Å²) in [4.78, 5) is 0. The van der Waals surface area contributed by atoms with E-state index in [1.54, 1.807) is 24.3 Å². The highest BCUT2D eigenvalue weighted by molar-refractivity contribution is 9.10. The molecule has 0 aromatic heterocycles. The second kappa shape index (κ2) is 4.31. The van der Waals surface area contributed by atoms with Crippen molar-refractivity contribution in [3.8, 4) is 0 Å². The van der Waals surface area contributed by atoms with Gasteiger partial charge < -0.3 is 5.11 Å². The van der Waals surface area contributed by atoms with Gasteiger partial charge in [0.15, 0.2) is 6.10 Å². The number of halogens is 4. The molecule has 0 heterocycles. The maximum atomic E-state index is 12.0. The summed E-state index contributed by atoms with van der Waals surface area (Å²) in [5, 5.41) is 8.77. The van der Waals surface area contributed by atoms with Gasteiger partial charge in [-0.05, 0) is 17.7 Å². The molecule has 1 N–H and O–H groups in total. The molecule has 0 unspecified atom stereocenters. The Morgan fingerprint density at radius 2 is 1.71 bits per heavy atom. The van der Waals surface area contributed by atoms with Crippen LogP contribution >= 0.6 is 15.9 Å². The van der Waals surface area contributed by atoms with E-state index >= 15 is 0 Å². The summed E-state index contributed by atoms with van der Waals surface area (Å²) in [5.74, 6) is 0. The first-order valence-electron chi connectivity index (χ1n) is 3.89. The van der Waals surface area contributed by atoms with Crippen LogP contribution < -0.4 is 0 Å². The molecule has 0 amide bonds. The van der Waals surface area contributed by atoms with E-state index < -0.39 is 18.7 Å². The van der Waals surface area contributed by atoms with Crippen LogP contribution in [0.15, 0.2) is 28.7 Å². The molecule has 0 saturated heterocycles. The Balaban J connectivity index is 2.65. The largest absolute Gasteiger partial charge is 0.414 e. The van der Waals surface area contributed by atoms with E-state index in [-0.39, 0.29) is 0 Å². The molecule has 0 saturated carbocycles. The lowest BCUT2D eigenvalue weighted by atomic mass is 10.1. The number of hydrogen-bond donors (Lipinski definition) is 1. The fourth-order valence-electron chi connectivity index (χ4n) is 0.959. The maximum Gasteiger partial charge on any atom is 0.414 e. The zero-order chi connectivity index (χ0) is 10.8. The minimum absolute atomic E-state index is 0.406. The molecule has 0 fully saturated rings. The molecular formula is C9H8BrF3O. The van der Waals surface area contributed by atoms with Crippen molar-refractivity contribution >= 4 is 15.9 Å². The molecule has 1 aromatic rings. The van der Waals surface area contributed by atoms with Gasteiger partial charge in [-0.15, -0.1) is 0 Å². The van der Waals surface area contributed by atoms with Crippen LogP contribution in [0, 0.1) is 0 Å². The van der Waals surface area contributed by atoms with Crippen LogP contribution in [-0.4, -0.2) is 17.4 Å². The number of aliphatic hydroxyl groups is 1. The van der Waals surface area contributed by atoms with Gasteiger partial charge in [0.2, 0.25) is 0 Å². The van der Waals surface area contributed by atoms with Crippen molar-refractivity contribution < 1.29 is 18.3 Å². The van der Waals surface area contributed by atoms with Crippen molar-refractivity contribution in [2.75, 3.05) is 0 Å². The smallest absolute Gasteiger partial charge is 0.383 e. The van der Waals surface area contributed by atoms with Crippen LogP contribution in [0.3, 0.4) is 0 Å². The van der Waals surface area contributed by atoms with Crippen molar-refractivity contribution in [1.29, 1.82) is 0 Å². The topological polar surface area (TPSA) is 20.2 Å². The normalized spacial score (nSPS) is 14.1. The number of aliphatic hydroxyl groups excluding tert-OH is 1. The Bertz CT molecular complexity index is 294. The summed E-state index contributed by atoms with van der Waals surface area (Å²) < 4.78 is 36.7. The van der Waals surface area contributed by atoms with Gasteiger partial charge in [-0.2, -0.15) is 13.2 Å². The van der Waals surface area contributed by atoms with E-state index in [0.29, 0.717) is 5.56 Å². The van der Waals surface area contributed by atoms with Gasteiger partial charge in [-0.25, -0.2) is 0 Å². The van der Waals surface area contributed by atoms with Crippen LogP contribution in [0.5, 0.6) is 0 Å². The fraction of sp³-hybridized carbons (Fsp3) is 0.333. The molecular weight excluding hydrogens is 261 g/mol. The summed E-state index contributed by atoms with van der Waals surface area (Å²) in [6.45, 7) is 0. The lowest BCUT2D eigenvalue weighted by molar-refractivity contribution is -0.203. The fourth-order valence-corrected chi connectivity index (χ4v) is 1.22. The van der Waals surface area contributed by atoms with Gasteiger partial charge in [0, 0.05) is 10.9 Å². The minimum Gasteiger partial charge on any atom is -0.383 e. The molecule has 5 heteroatoms. The Labute approximate surface area is 87.7 Å². The lowest BCUT2D eigenvalue weighted by Crippen LogP contribution is -2.30. The second-order valence-electron chi connectivity index (χ2n) is 2.89. The number of hydrogen-bond acceptors (Lipinski definition) is 1. The Morgan fingerprint density at radius 3 is 2.14 bits per heavy atom. The second-order valence-corrected chi connectivity index (χ2v) is 3.80. The van der Waals surface area contributed by atoms with Gasteiger partial charge >= 0.3 is 6.18 Å². The van der Waals surface area contributed by atoms with Gasteiger partial charge in [0.05, 0.1) is 0 Å². The maximum absolute atomic E-state index is 12.0. The SMILES string of the molecule is O[C@H](Cc1ccc(Br)cc1)C(F)(F)F. The molecule has 1 nitrogen and oxygen atoms in total. The molecule has 0 radical (unpaired) electrons. The van der Waals surface area contributed by atoms with Gasteiger partial charge in [0.1, 0.15) is 0 Å². The Kier molecular flexibility index (Phi) is 3.55. The van der Waals surface area contributed by atoms with E-state index in [0.717, 1.165) is 4.47 Å². The zero-order valence-electron chi connectivity index (χ0n) is 7.05. The van der Waals surface area contributed by atoms with E-state index in [9.17, 15) is 13.2 Å². The highest BCUT2D eigenvalue weighted by Crippen LogP contribution is 2.23. The highest BCUT2D eigenvalue weighted by atomic mass is 79.9. The molecule has 78 valence electrons. The molecule has 1 rings (SSSR count). The first kappa shape index (κ1) is 11.5. The quantitative estimate of drug-likeness (QED) is 0.875. The Hall–Kier alpha value is -0.550. The van der Waals surface area contributed by atoms with Crippen LogP contribution in [0.25, 0.3) is 0 Å². The predicted molar refractivity (Wildman–Crippen MR) is 49.9 cm³/mol. The average Bonchev–Trinajstić information content (AvgIpc) is 2.07. The minimum atomic E-state index is -4.55. The van der Waals surface area contributed by atoms with E-state index in [1.807, 2.05) is 0 Å². The van der Waals surface area contributed by atoms with Gasteiger partial charge in [-0.3, -0.25) is 0 Å². The number of alkyl halides is 3. The molecule has 0 aliphatic heterocycles. The average molecular weight is 269 g/mol. The van der Waals surface area contributed by atoms with Crippen molar-refractivity contribution in [1.82, 2.24) is 0 Å². The summed E-state index contributed by atoms with van der Waals surface area (Å²) in [7, 11) is 0. The summed E-state index contributed by atoms with van der Waals surface area (Å²) in [6, 6.07) is 6.36. The van der Waals surface area contributed by atoms with E-state index in [2.05, 4.69) is 15.9 Å². The molecule has 0 bridgehead atoms. The number of rotatable bonds is 2. The lowest BCUT2D eigenvalue weighted by Gasteiger charge is -2.14. The highest BCUT2D eigenvalue weighted by Gasteiger charge is 2.37. The van der Waals surface area contributed by atoms with Crippen molar-refractivity contribution in [2.45, 2.75) is 18.7 Å². The third kappa shape index (κ3) is 3.31. The molecule has 0 aliphatic rings. The molecule has 0 aliphatic carbocycles. The van der Waals surface area contributed by atoms with E-state index in [1.165, 1.54) is 0 Å². The third-order valence-electron chi connectivity index (χ3n) is 1.72. The Morgan fingerprint density at radius 1 is 1.21 bits per heavy atom. The van der Waals surface area contributed by atoms with Crippen LogP contribution in [0.1, 0.15) is 5.56 Å². The van der Waals surface area contributed by atoms with Crippen molar-refractivity contribution in [3.63, 3.8) is 0 Å². The first-order valence-corrected chi connectivity index (χ1v) is 4.68. The van der Waals surface area contributed by atoms with Gasteiger partial charge in [0.25, 0.3) is 0 Å². The van der Waals surface area contributed by atoms with Crippen LogP contribution in [0.4, 0.5) is 13.2 Å². The molecule has 0 spiro atoms. The van der Waals surface area contributed by atoms with Crippen LogP contribution in [-0.2, 0) is 6.42 Å². The van der Waals surface area contributed by atoms with E-state index in [4.69, 9.17) is 5.11 Å². The molecule has 1 atom stereocenters. The predicted octanol–water partition coefficient (Wildman–Crippen LogP) is 2.91. The standard InChI is InChI=1S/C9H8BrF3O/c10-7-3-1-6(2-4-7)5-8(14)9(11,12)13/h1-4,8,14H,5H2/t8-/m1/s1. The van der Waals surface area contributed by atoms with Gasteiger partial charge in [-0.1, -0.05) is 28.1 Å². The zero-order valence-corrected chi connectivity index (χ0v) is 8.64. The molecule has 1 aromatic carbocycles. The van der Waals surface area contributed by atoms with Crippen LogP contribution in [0.2, 0.25) is 0 Å². The number of benzene rings is 1. The van der Waals surface area contributed by atoms with Crippen molar-refractivity contribution in [2.24, 2.45) is 0 Å². The monoisotopic (exact) mass is 268 g/mol. The summed E-state index contributed by atoms with van der Waals surface area (Å²) in [6.07, 6.45) is -7.24. The first-order chi connectivity index (χ1) is 6.39. The third-order valence-corrected chi connectivity index (χ3v) is 2.25.